The van der Waals surface area contributed by atoms with Crippen LogP contribution < -0.4 is 10.6 Å². The van der Waals surface area contributed by atoms with Crippen LogP contribution in [0.25, 0.3) is 0 Å². The Kier molecular flexibility index (Phi) is 5.72. The lowest BCUT2D eigenvalue weighted by Crippen LogP contribution is -2.40. The lowest BCUT2D eigenvalue weighted by Gasteiger charge is -2.18. The van der Waals surface area contributed by atoms with Gasteiger partial charge in [-0.05, 0) is 45.4 Å². The molecule has 2 aliphatic carbocycles. The Bertz CT molecular complexity index is 831. The van der Waals surface area contributed by atoms with Crippen LogP contribution in [-0.2, 0) is 16.1 Å². The number of aliphatic imine (C=N–C) groups is 1. The minimum Gasteiger partial charge on any atom is -0.357 e. The zero-order valence-electron chi connectivity index (χ0n) is 17.3. The van der Waals surface area contributed by atoms with E-state index in [1.165, 1.54) is 9.78 Å². The first-order valence-electron chi connectivity index (χ1n) is 10.5. The van der Waals surface area contributed by atoms with Gasteiger partial charge in [0, 0.05) is 24.5 Å². The van der Waals surface area contributed by atoms with Crippen molar-refractivity contribution < 1.29 is 9.59 Å². The number of aromatic nitrogens is 1. The van der Waals surface area contributed by atoms with Gasteiger partial charge in [0.05, 0.1) is 29.1 Å². The number of carbonyl (C=O) groups excluding carboxylic acids is 2. The third-order valence-corrected chi connectivity index (χ3v) is 7.19. The maximum absolute atomic E-state index is 12.7. The summed E-state index contributed by atoms with van der Waals surface area (Å²) in [6.45, 7) is 8.54. The molecule has 7 nitrogen and oxygen atoms in total. The van der Waals surface area contributed by atoms with Crippen molar-refractivity contribution in [3.63, 3.8) is 0 Å². The molecule has 2 N–H and O–H groups in total. The Hall–Kier alpha value is -2.22. The van der Waals surface area contributed by atoms with Gasteiger partial charge in [0.1, 0.15) is 0 Å². The largest absolute Gasteiger partial charge is 0.357 e. The lowest BCUT2D eigenvalue weighted by molar-refractivity contribution is -0.140. The summed E-state index contributed by atoms with van der Waals surface area (Å²) >= 11 is 1.67. The van der Waals surface area contributed by atoms with Gasteiger partial charge in [0.2, 0.25) is 11.8 Å². The molecule has 2 bridgehead atoms. The van der Waals surface area contributed by atoms with E-state index < -0.39 is 0 Å². The van der Waals surface area contributed by atoms with Gasteiger partial charge in [0.15, 0.2) is 5.96 Å². The molecule has 4 rings (SSSR count). The number of hydrogen-bond acceptors (Lipinski definition) is 5. The van der Waals surface area contributed by atoms with Crippen LogP contribution in [0.15, 0.2) is 17.1 Å². The van der Waals surface area contributed by atoms with E-state index in [0.717, 1.165) is 29.6 Å². The van der Waals surface area contributed by atoms with Crippen LogP contribution in [0.4, 0.5) is 0 Å². The van der Waals surface area contributed by atoms with E-state index in [1.807, 2.05) is 20.8 Å². The fraction of sp³-hybridized carbons (Fsp3) is 0.619. The van der Waals surface area contributed by atoms with E-state index >= 15 is 0 Å². The van der Waals surface area contributed by atoms with Crippen LogP contribution in [0.5, 0.6) is 0 Å². The van der Waals surface area contributed by atoms with Gasteiger partial charge >= 0.3 is 0 Å². The highest BCUT2D eigenvalue weighted by Crippen LogP contribution is 2.52. The van der Waals surface area contributed by atoms with Crippen molar-refractivity contribution >= 4 is 29.1 Å². The molecule has 0 radical (unpaired) electrons. The molecule has 3 aliphatic rings. The number of nitrogens with zero attached hydrogens (tertiary/aromatic N) is 3. The number of fused-ring (bicyclic) bond motifs is 5. The quantitative estimate of drug-likeness (QED) is 0.234. The van der Waals surface area contributed by atoms with Crippen molar-refractivity contribution in [2.45, 2.75) is 40.2 Å². The van der Waals surface area contributed by atoms with Gasteiger partial charge in [-0.25, -0.2) is 9.98 Å². The number of thiazole rings is 1. The predicted molar refractivity (Wildman–Crippen MR) is 113 cm³/mol. The van der Waals surface area contributed by atoms with Crippen molar-refractivity contribution in [2.24, 2.45) is 28.7 Å². The molecule has 1 aromatic heterocycles. The Morgan fingerprint density at radius 3 is 2.48 bits per heavy atom. The minimum absolute atomic E-state index is 0.0356. The first-order valence-corrected chi connectivity index (χ1v) is 11.3. The van der Waals surface area contributed by atoms with Crippen molar-refractivity contribution in [1.82, 2.24) is 20.5 Å². The number of allylic oxidation sites excluding steroid dienone is 2. The highest BCUT2D eigenvalue weighted by atomic mass is 32.1. The average Bonchev–Trinajstić information content (AvgIpc) is 3.43. The number of imide groups is 1. The Morgan fingerprint density at radius 2 is 1.90 bits per heavy atom. The third-order valence-electron chi connectivity index (χ3n) is 6.14. The second-order valence-corrected chi connectivity index (χ2v) is 9.33. The summed E-state index contributed by atoms with van der Waals surface area (Å²) in [4.78, 5) is 37.2. The lowest BCUT2D eigenvalue weighted by atomic mass is 9.85. The third kappa shape index (κ3) is 3.82. The number of carbonyl (C=O) groups is 2. The summed E-state index contributed by atoms with van der Waals surface area (Å²) in [6.07, 6.45) is 5.95. The average molecular weight is 416 g/mol. The van der Waals surface area contributed by atoms with Crippen LogP contribution >= 0.6 is 11.3 Å². The van der Waals surface area contributed by atoms with Crippen LogP contribution in [0, 0.1) is 37.5 Å². The zero-order valence-corrected chi connectivity index (χ0v) is 18.1. The number of nitrogens with one attached hydrogen (secondary N) is 2. The van der Waals surface area contributed by atoms with E-state index in [1.54, 1.807) is 11.3 Å². The fourth-order valence-corrected chi connectivity index (χ4v) is 5.70. The zero-order chi connectivity index (χ0) is 20.5. The fourth-order valence-electron chi connectivity index (χ4n) is 4.84. The molecule has 4 atom stereocenters. The Labute approximate surface area is 175 Å². The summed E-state index contributed by atoms with van der Waals surface area (Å²) < 4.78 is 0. The molecular formula is C21H29N5O2S. The molecule has 2 heterocycles. The second kappa shape index (κ2) is 8.26. The molecule has 2 fully saturated rings. The van der Waals surface area contributed by atoms with Gasteiger partial charge in [-0.15, -0.1) is 11.3 Å². The van der Waals surface area contributed by atoms with Crippen molar-refractivity contribution in [3.05, 3.63) is 27.7 Å². The van der Waals surface area contributed by atoms with Crippen molar-refractivity contribution in [2.75, 3.05) is 19.6 Å². The molecule has 156 valence electrons. The highest BCUT2D eigenvalue weighted by molar-refractivity contribution is 7.11. The summed E-state index contributed by atoms with van der Waals surface area (Å²) in [7, 11) is 0. The van der Waals surface area contributed by atoms with E-state index in [-0.39, 0.29) is 35.5 Å². The smallest absolute Gasteiger partial charge is 0.233 e. The SMILES string of the molecule is CCNC(=NCc1sc(C)nc1C)NCCCN1C(=O)C2C3C=CC(C3)C2C1=O. The van der Waals surface area contributed by atoms with E-state index in [9.17, 15) is 9.59 Å². The Morgan fingerprint density at radius 1 is 1.21 bits per heavy atom. The molecule has 0 aromatic carbocycles. The maximum Gasteiger partial charge on any atom is 0.233 e. The van der Waals surface area contributed by atoms with E-state index in [2.05, 4.69) is 32.8 Å². The van der Waals surface area contributed by atoms with Crippen molar-refractivity contribution in [1.29, 1.82) is 0 Å². The number of likely N-dealkylation sites (tertiary alicyclic amines) is 1. The van der Waals surface area contributed by atoms with Crippen LogP contribution in [0.1, 0.15) is 35.3 Å². The van der Waals surface area contributed by atoms with Gasteiger partial charge < -0.3 is 10.6 Å². The number of aryl methyl sites for hydroxylation is 2. The highest BCUT2D eigenvalue weighted by Gasteiger charge is 2.58. The monoisotopic (exact) mass is 415 g/mol. The topological polar surface area (TPSA) is 86.7 Å². The second-order valence-electron chi connectivity index (χ2n) is 8.04. The van der Waals surface area contributed by atoms with E-state index in [0.29, 0.717) is 26.1 Å². The van der Waals surface area contributed by atoms with Crippen LogP contribution in [0.2, 0.25) is 0 Å². The summed E-state index contributed by atoms with van der Waals surface area (Å²) in [5, 5.41) is 7.61. The molecule has 1 aromatic rings. The molecule has 8 heteroatoms. The van der Waals surface area contributed by atoms with E-state index in [4.69, 9.17) is 0 Å². The Balaban J connectivity index is 1.27. The standard InChI is InChI=1S/C21H29N5O2S/c1-4-22-21(24-11-16-12(2)25-13(3)29-16)23-8-5-9-26-19(27)17-14-6-7-15(10-14)18(17)20(26)28/h6-7,14-15,17-18H,4-5,8-11H2,1-3H3,(H2,22,23,24). The molecule has 29 heavy (non-hydrogen) atoms. The first-order chi connectivity index (χ1) is 14.0. The summed E-state index contributed by atoms with van der Waals surface area (Å²) in [5.41, 5.74) is 1.03. The van der Waals surface area contributed by atoms with Gasteiger partial charge in [0.25, 0.3) is 0 Å². The van der Waals surface area contributed by atoms with Crippen LogP contribution in [-0.4, -0.2) is 47.3 Å². The summed E-state index contributed by atoms with van der Waals surface area (Å²) in [5.74, 6) is 1.16. The normalized spacial score (nSPS) is 27.8. The molecule has 1 saturated heterocycles. The number of guanidine groups is 1. The number of rotatable bonds is 7. The molecule has 1 aliphatic heterocycles. The van der Waals surface area contributed by atoms with Crippen molar-refractivity contribution in [3.8, 4) is 0 Å². The summed E-state index contributed by atoms with van der Waals surface area (Å²) in [6, 6.07) is 0. The molecule has 2 amide bonds. The van der Waals surface area contributed by atoms with Gasteiger partial charge in [-0.1, -0.05) is 12.2 Å². The van der Waals surface area contributed by atoms with Gasteiger partial charge in [-0.2, -0.15) is 0 Å². The number of hydrogen-bond donors (Lipinski definition) is 2. The molecule has 4 unspecified atom stereocenters. The number of amides is 2. The maximum atomic E-state index is 12.7. The minimum atomic E-state index is -0.101. The molecule has 1 saturated carbocycles. The first kappa shape index (κ1) is 20.1. The molecule has 0 spiro atoms. The van der Waals surface area contributed by atoms with Gasteiger partial charge in [-0.3, -0.25) is 14.5 Å². The molecular weight excluding hydrogens is 386 g/mol. The predicted octanol–water partition coefficient (Wildman–Crippen LogP) is 2.01. The van der Waals surface area contributed by atoms with Crippen LogP contribution in [0.3, 0.4) is 0 Å².